The van der Waals surface area contributed by atoms with Gasteiger partial charge < -0.3 is 29.3 Å². The number of methoxy groups -OCH3 is 2. The van der Waals surface area contributed by atoms with E-state index in [2.05, 4.69) is 4.98 Å². The van der Waals surface area contributed by atoms with Crippen molar-refractivity contribution in [2.24, 2.45) is 0 Å². The van der Waals surface area contributed by atoms with Gasteiger partial charge in [0.25, 0.3) is 5.91 Å². The Kier molecular flexibility index (Phi) is 3.43. The van der Waals surface area contributed by atoms with Gasteiger partial charge in [-0.3, -0.25) is 4.79 Å². The molecule has 1 N–H and O–H groups in total. The van der Waals surface area contributed by atoms with Crippen molar-refractivity contribution in [1.29, 1.82) is 0 Å². The maximum absolute atomic E-state index is 13.3. The molecular weight excluding hydrogens is 360 g/mol. The maximum atomic E-state index is 13.3. The minimum absolute atomic E-state index is 0.192. The Balaban J connectivity index is 1.82. The lowest BCUT2D eigenvalue weighted by Crippen LogP contribution is -2.53. The Bertz CT molecular complexity index is 1150. The molecule has 3 aromatic rings. The smallest absolute Gasteiger partial charge is 0.259 e. The molecule has 0 spiro atoms. The van der Waals surface area contributed by atoms with E-state index in [1.165, 1.54) is 19.1 Å². The zero-order chi connectivity index (χ0) is 19.6. The summed E-state index contributed by atoms with van der Waals surface area (Å²) >= 11 is 0. The lowest BCUT2D eigenvalue weighted by Gasteiger charge is -2.38. The number of carboxylic acid groups (broad SMARTS) is 1. The number of fused-ring (bicyclic) bond motifs is 7. The number of hydrogen-bond donors (Lipinski definition) is 1. The number of hydrogen-bond acceptors (Lipinski definition) is 5. The Morgan fingerprint density at radius 2 is 1.96 bits per heavy atom. The molecule has 1 aromatic heterocycles. The minimum atomic E-state index is -1.27. The first-order valence-electron chi connectivity index (χ1n) is 8.94. The van der Waals surface area contributed by atoms with Crippen LogP contribution in [0, 0.1) is 0 Å². The number of amides is 1. The summed E-state index contributed by atoms with van der Waals surface area (Å²) in [6, 6.07) is 9.66. The van der Waals surface area contributed by atoms with E-state index in [1.54, 1.807) is 12.1 Å². The fourth-order valence-electron chi connectivity index (χ4n) is 4.57. The van der Waals surface area contributed by atoms with Gasteiger partial charge in [-0.2, -0.15) is 0 Å². The van der Waals surface area contributed by atoms with Crippen LogP contribution in [-0.4, -0.2) is 42.0 Å². The number of carbonyl (C=O) groups excluding carboxylic acids is 2. The monoisotopic (exact) mass is 377 g/mol. The number of para-hydroxylation sites is 1. The van der Waals surface area contributed by atoms with Crippen molar-refractivity contribution in [3.05, 3.63) is 58.8 Å². The van der Waals surface area contributed by atoms with E-state index < -0.39 is 24.0 Å². The summed E-state index contributed by atoms with van der Waals surface area (Å²) in [5, 5.41) is 12.9. The summed E-state index contributed by atoms with van der Waals surface area (Å²) < 4.78 is 10.8. The van der Waals surface area contributed by atoms with Crippen LogP contribution in [0.1, 0.15) is 33.2 Å². The molecule has 0 saturated carbocycles. The lowest BCUT2D eigenvalue weighted by atomic mass is 9.90. The minimum Gasteiger partial charge on any atom is -0.548 e. The molecule has 0 unspecified atom stereocenters. The standard InChI is InChI=1S/C21H18N2O5/c1-27-15-8-7-11-16(19(15)28-2)20(24)23-14(21(25)26)9-12-10-5-3-4-6-13(10)22-17(12)18(11)23/h3-8,14,18,22H,9H2,1-2H3,(H,25,26)/p-1/t14-,18-/m1/s1. The van der Waals surface area contributed by atoms with Crippen LogP contribution < -0.4 is 14.6 Å². The molecule has 3 heterocycles. The van der Waals surface area contributed by atoms with E-state index in [9.17, 15) is 14.7 Å². The number of ether oxygens (including phenoxy) is 2. The number of H-pyrrole nitrogens is 1. The summed E-state index contributed by atoms with van der Waals surface area (Å²) in [6.07, 6.45) is 0.192. The van der Waals surface area contributed by atoms with Crippen molar-refractivity contribution in [1.82, 2.24) is 9.88 Å². The highest BCUT2D eigenvalue weighted by Gasteiger charge is 2.49. The molecule has 142 valence electrons. The maximum Gasteiger partial charge on any atom is 0.259 e. The number of carbonyl (C=O) groups is 2. The molecule has 5 rings (SSSR count). The molecule has 0 radical (unpaired) electrons. The van der Waals surface area contributed by atoms with E-state index in [-0.39, 0.29) is 6.42 Å². The van der Waals surface area contributed by atoms with Gasteiger partial charge >= 0.3 is 0 Å². The molecule has 0 fully saturated rings. The second-order valence-electron chi connectivity index (χ2n) is 6.98. The third-order valence-corrected chi connectivity index (χ3v) is 5.72. The first-order chi connectivity index (χ1) is 13.6. The molecule has 0 saturated heterocycles. The fourth-order valence-corrected chi connectivity index (χ4v) is 4.57. The Labute approximate surface area is 160 Å². The molecule has 2 aromatic carbocycles. The van der Waals surface area contributed by atoms with Crippen LogP contribution in [0.15, 0.2) is 36.4 Å². The summed E-state index contributed by atoms with van der Waals surface area (Å²) in [4.78, 5) is 30.1. The topological polar surface area (TPSA) is 94.7 Å². The Hall–Kier alpha value is -3.48. The van der Waals surface area contributed by atoms with Crippen molar-refractivity contribution < 1.29 is 24.2 Å². The zero-order valence-electron chi connectivity index (χ0n) is 15.3. The van der Waals surface area contributed by atoms with Gasteiger partial charge in [0.05, 0.1) is 37.8 Å². The Morgan fingerprint density at radius 1 is 1.18 bits per heavy atom. The largest absolute Gasteiger partial charge is 0.548 e. The van der Waals surface area contributed by atoms with Crippen LogP contribution in [0.3, 0.4) is 0 Å². The predicted molar refractivity (Wildman–Crippen MR) is 98.4 cm³/mol. The molecule has 0 aliphatic carbocycles. The normalized spacial score (nSPS) is 19.9. The van der Waals surface area contributed by atoms with E-state index >= 15 is 0 Å². The molecule has 28 heavy (non-hydrogen) atoms. The number of nitrogens with one attached hydrogen (secondary N) is 1. The first kappa shape index (κ1) is 16.7. The van der Waals surface area contributed by atoms with E-state index in [0.717, 1.165) is 22.2 Å². The molecular formula is C21H17N2O5-. The quantitative estimate of drug-likeness (QED) is 0.745. The van der Waals surface area contributed by atoms with Crippen LogP contribution in [0.25, 0.3) is 10.9 Å². The number of carboxylic acids is 1. The van der Waals surface area contributed by atoms with Crippen molar-refractivity contribution in [3.8, 4) is 11.5 Å². The first-order valence-corrected chi connectivity index (χ1v) is 8.94. The van der Waals surface area contributed by atoms with Crippen LogP contribution in [0.4, 0.5) is 0 Å². The van der Waals surface area contributed by atoms with Gasteiger partial charge in [0, 0.05) is 23.0 Å². The number of aliphatic carboxylic acids is 1. The number of rotatable bonds is 3. The number of nitrogens with zero attached hydrogens (tertiary/aromatic N) is 1. The van der Waals surface area contributed by atoms with Gasteiger partial charge in [-0.25, -0.2) is 0 Å². The number of aromatic amines is 1. The second-order valence-corrected chi connectivity index (χ2v) is 6.98. The zero-order valence-corrected chi connectivity index (χ0v) is 15.3. The van der Waals surface area contributed by atoms with Crippen molar-refractivity contribution >= 4 is 22.8 Å². The van der Waals surface area contributed by atoms with Crippen molar-refractivity contribution in [2.45, 2.75) is 18.5 Å². The Morgan fingerprint density at radius 3 is 2.68 bits per heavy atom. The number of benzene rings is 2. The van der Waals surface area contributed by atoms with Crippen molar-refractivity contribution in [3.63, 3.8) is 0 Å². The number of aromatic nitrogens is 1. The van der Waals surface area contributed by atoms with E-state index in [4.69, 9.17) is 9.47 Å². The summed E-state index contributed by atoms with van der Waals surface area (Å²) in [7, 11) is 2.96. The van der Waals surface area contributed by atoms with Gasteiger partial charge in [-0.05, 0) is 23.3 Å². The van der Waals surface area contributed by atoms with Crippen LogP contribution in [0.5, 0.6) is 11.5 Å². The van der Waals surface area contributed by atoms with Gasteiger partial charge in [-0.15, -0.1) is 0 Å². The molecule has 7 heteroatoms. The van der Waals surface area contributed by atoms with Gasteiger partial charge in [0.15, 0.2) is 11.5 Å². The van der Waals surface area contributed by atoms with Crippen LogP contribution >= 0.6 is 0 Å². The second kappa shape index (κ2) is 5.76. The molecule has 2 atom stereocenters. The average molecular weight is 377 g/mol. The van der Waals surface area contributed by atoms with Gasteiger partial charge in [-0.1, -0.05) is 24.3 Å². The van der Waals surface area contributed by atoms with E-state index in [0.29, 0.717) is 22.6 Å². The third-order valence-electron chi connectivity index (χ3n) is 5.72. The SMILES string of the molecule is COc1ccc2c(c1OC)C(=O)N1[C@H]2c2[nH]c3ccccc3c2C[C@@H]1C(=O)[O-]. The summed E-state index contributed by atoms with van der Waals surface area (Å²) in [5.74, 6) is -0.923. The third kappa shape index (κ3) is 1.98. The van der Waals surface area contributed by atoms with Crippen molar-refractivity contribution in [2.75, 3.05) is 14.2 Å². The average Bonchev–Trinajstić information content (AvgIpc) is 3.22. The molecule has 2 aliphatic rings. The fraction of sp³-hybridized carbons (Fsp3) is 0.238. The van der Waals surface area contributed by atoms with Crippen LogP contribution in [-0.2, 0) is 11.2 Å². The highest BCUT2D eigenvalue weighted by Crippen LogP contribution is 2.50. The summed E-state index contributed by atoms with van der Waals surface area (Å²) in [6.45, 7) is 0. The predicted octanol–water partition coefficient (Wildman–Crippen LogP) is 1.40. The van der Waals surface area contributed by atoms with Gasteiger partial charge in [0.1, 0.15) is 0 Å². The highest BCUT2D eigenvalue weighted by molar-refractivity contribution is 6.05. The van der Waals surface area contributed by atoms with E-state index in [1.807, 2.05) is 24.3 Å². The molecule has 0 bridgehead atoms. The molecule has 2 aliphatic heterocycles. The highest BCUT2D eigenvalue weighted by atomic mass is 16.5. The molecule has 1 amide bonds. The van der Waals surface area contributed by atoms with Gasteiger partial charge in [0.2, 0.25) is 0 Å². The van der Waals surface area contributed by atoms with Crippen LogP contribution in [0.2, 0.25) is 0 Å². The summed E-state index contributed by atoms with van der Waals surface area (Å²) in [5.41, 5.74) is 3.68. The molecule has 7 nitrogen and oxygen atoms in total. The lowest BCUT2D eigenvalue weighted by molar-refractivity contribution is -0.311.